The fraction of sp³-hybridized carbons (Fsp3) is 0.571. The summed E-state index contributed by atoms with van der Waals surface area (Å²) in [6.07, 6.45) is 1.20. The summed E-state index contributed by atoms with van der Waals surface area (Å²) in [5.41, 5.74) is 1.62. The van der Waals surface area contributed by atoms with Crippen molar-refractivity contribution in [2.75, 3.05) is 6.54 Å². The van der Waals surface area contributed by atoms with E-state index in [-0.39, 0.29) is 0 Å². The first kappa shape index (κ1) is 11.9. The van der Waals surface area contributed by atoms with Crippen LogP contribution in [0.1, 0.15) is 38.7 Å². The lowest BCUT2D eigenvalue weighted by Gasteiger charge is -2.53. The van der Waals surface area contributed by atoms with Gasteiger partial charge in [-0.25, -0.2) is 0 Å². The first-order valence-electron chi connectivity index (χ1n) is 6.05. The lowest BCUT2D eigenvalue weighted by molar-refractivity contribution is 0.0707. The van der Waals surface area contributed by atoms with Crippen LogP contribution >= 0.6 is 11.6 Å². The fourth-order valence-corrected chi connectivity index (χ4v) is 3.07. The number of benzene rings is 1. The van der Waals surface area contributed by atoms with Gasteiger partial charge in [0, 0.05) is 11.1 Å². The molecule has 1 fully saturated rings. The molecule has 1 aliphatic carbocycles. The molecule has 1 aromatic carbocycles. The molecule has 0 bridgehead atoms. The number of hydrogen-bond acceptors (Lipinski definition) is 1. The van der Waals surface area contributed by atoms with Gasteiger partial charge in [0.1, 0.15) is 0 Å². The van der Waals surface area contributed by atoms with Crippen LogP contribution in [-0.4, -0.2) is 12.6 Å². The zero-order valence-electron chi connectivity index (χ0n) is 10.3. The molecule has 0 saturated heterocycles. The van der Waals surface area contributed by atoms with E-state index in [0.717, 1.165) is 11.6 Å². The largest absolute Gasteiger partial charge is 0.314 e. The van der Waals surface area contributed by atoms with Crippen LogP contribution in [0.5, 0.6) is 0 Å². The van der Waals surface area contributed by atoms with Crippen LogP contribution in [0.25, 0.3) is 0 Å². The molecule has 88 valence electrons. The molecule has 0 heterocycles. The van der Waals surface area contributed by atoms with Crippen molar-refractivity contribution in [1.82, 2.24) is 5.32 Å². The first-order valence-corrected chi connectivity index (χ1v) is 6.43. The Kier molecular flexibility index (Phi) is 3.27. The molecule has 2 unspecified atom stereocenters. The highest BCUT2D eigenvalue weighted by Crippen LogP contribution is 2.53. The summed E-state index contributed by atoms with van der Waals surface area (Å²) in [6, 6.07) is 8.86. The van der Waals surface area contributed by atoms with Crippen molar-refractivity contribution < 1.29 is 0 Å². The Balaban J connectivity index is 2.17. The predicted molar refractivity (Wildman–Crippen MR) is 70.1 cm³/mol. The molecule has 0 aromatic heterocycles. The molecule has 0 amide bonds. The zero-order valence-corrected chi connectivity index (χ0v) is 11.0. The van der Waals surface area contributed by atoms with E-state index in [1.165, 1.54) is 12.0 Å². The van der Waals surface area contributed by atoms with Gasteiger partial charge in [0.15, 0.2) is 0 Å². The van der Waals surface area contributed by atoms with Crippen LogP contribution in [0.15, 0.2) is 24.3 Å². The van der Waals surface area contributed by atoms with Crippen LogP contribution in [-0.2, 0) is 0 Å². The minimum Gasteiger partial charge on any atom is -0.314 e. The Bertz CT molecular complexity index is 373. The number of halogens is 1. The molecular formula is C14H20ClN. The van der Waals surface area contributed by atoms with E-state index in [1.807, 2.05) is 12.1 Å². The van der Waals surface area contributed by atoms with Crippen LogP contribution in [0.3, 0.4) is 0 Å². The molecule has 0 radical (unpaired) electrons. The summed E-state index contributed by atoms with van der Waals surface area (Å²) < 4.78 is 0. The normalized spacial score (nSPS) is 27.5. The highest BCUT2D eigenvalue weighted by molar-refractivity contribution is 6.31. The van der Waals surface area contributed by atoms with Gasteiger partial charge < -0.3 is 5.32 Å². The van der Waals surface area contributed by atoms with Gasteiger partial charge in [-0.2, -0.15) is 0 Å². The summed E-state index contributed by atoms with van der Waals surface area (Å²) >= 11 is 6.26. The Morgan fingerprint density at radius 3 is 2.62 bits per heavy atom. The highest BCUT2D eigenvalue weighted by atomic mass is 35.5. The summed E-state index contributed by atoms with van der Waals surface area (Å²) in [4.78, 5) is 0. The van der Waals surface area contributed by atoms with Gasteiger partial charge in [0.05, 0.1) is 0 Å². The second-order valence-electron chi connectivity index (χ2n) is 5.24. The van der Waals surface area contributed by atoms with Crippen LogP contribution < -0.4 is 5.32 Å². The second kappa shape index (κ2) is 4.38. The molecule has 0 spiro atoms. The Hall–Kier alpha value is -0.530. The molecule has 1 aliphatic rings. The lowest BCUT2D eigenvalue weighted by atomic mass is 9.56. The minimum atomic E-state index is 0.307. The molecule has 16 heavy (non-hydrogen) atoms. The fourth-order valence-electron chi connectivity index (χ4n) is 2.80. The average Bonchev–Trinajstić information content (AvgIpc) is 2.25. The van der Waals surface area contributed by atoms with Crippen LogP contribution in [0.2, 0.25) is 5.02 Å². The average molecular weight is 238 g/mol. The molecule has 2 heteroatoms. The standard InChI is InChI=1S/C14H20ClN/c1-4-16-13-9-11(14(13,2)3)10-7-5-6-8-12(10)15/h5-8,11,13,16H,4,9H2,1-3H3. The van der Waals surface area contributed by atoms with Gasteiger partial charge in [0.25, 0.3) is 0 Å². The van der Waals surface area contributed by atoms with Gasteiger partial charge in [-0.3, -0.25) is 0 Å². The van der Waals surface area contributed by atoms with Crippen molar-refractivity contribution in [2.45, 2.75) is 39.2 Å². The van der Waals surface area contributed by atoms with Crippen molar-refractivity contribution in [3.05, 3.63) is 34.9 Å². The van der Waals surface area contributed by atoms with Gasteiger partial charge in [0.2, 0.25) is 0 Å². The zero-order chi connectivity index (χ0) is 11.8. The number of rotatable bonds is 3. The Morgan fingerprint density at radius 2 is 2.06 bits per heavy atom. The summed E-state index contributed by atoms with van der Waals surface area (Å²) in [7, 11) is 0. The summed E-state index contributed by atoms with van der Waals surface area (Å²) in [5.74, 6) is 0.588. The van der Waals surface area contributed by atoms with Crippen LogP contribution in [0, 0.1) is 5.41 Å². The maximum absolute atomic E-state index is 6.26. The third-order valence-electron chi connectivity index (χ3n) is 4.00. The smallest absolute Gasteiger partial charge is 0.0441 e. The van der Waals surface area contributed by atoms with Crippen molar-refractivity contribution >= 4 is 11.6 Å². The van der Waals surface area contributed by atoms with E-state index in [4.69, 9.17) is 11.6 Å². The minimum absolute atomic E-state index is 0.307. The molecule has 1 aromatic rings. The van der Waals surface area contributed by atoms with E-state index in [1.54, 1.807) is 0 Å². The third kappa shape index (κ3) is 1.87. The van der Waals surface area contributed by atoms with Crippen molar-refractivity contribution in [1.29, 1.82) is 0 Å². The van der Waals surface area contributed by atoms with Gasteiger partial charge >= 0.3 is 0 Å². The van der Waals surface area contributed by atoms with Gasteiger partial charge in [-0.15, -0.1) is 0 Å². The number of hydrogen-bond donors (Lipinski definition) is 1. The van der Waals surface area contributed by atoms with Gasteiger partial charge in [-0.1, -0.05) is 50.6 Å². The monoisotopic (exact) mass is 237 g/mol. The molecule has 1 nitrogen and oxygen atoms in total. The topological polar surface area (TPSA) is 12.0 Å². The maximum atomic E-state index is 6.26. The summed E-state index contributed by atoms with van der Waals surface area (Å²) in [5, 5.41) is 4.46. The molecule has 1 N–H and O–H groups in total. The first-order chi connectivity index (χ1) is 7.57. The lowest BCUT2D eigenvalue weighted by Crippen LogP contribution is -2.55. The molecule has 2 rings (SSSR count). The molecule has 0 aliphatic heterocycles. The highest BCUT2D eigenvalue weighted by Gasteiger charge is 2.48. The molecule has 2 atom stereocenters. The van der Waals surface area contributed by atoms with Crippen LogP contribution in [0.4, 0.5) is 0 Å². The van der Waals surface area contributed by atoms with E-state index in [0.29, 0.717) is 17.4 Å². The Labute approximate surface area is 103 Å². The molecule has 1 saturated carbocycles. The maximum Gasteiger partial charge on any atom is 0.0441 e. The summed E-state index contributed by atoms with van der Waals surface area (Å²) in [6.45, 7) is 7.87. The molecular weight excluding hydrogens is 218 g/mol. The van der Waals surface area contributed by atoms with E-state index < -0.39 is 0 Å². The third-order valence-corrected chi connectivity index (χ3v) is 4.34. The number of nitrogens with one attached hydrogen (secondary N) is 1. The SMILES string of the molecule is CCNC1CC(c2ccccc2Cl)C1(C)C. The van der Waals surface area contributed by atoms with E-state index in [9.17, 15) is 0 Å². The second-order valence-corrected chi connectivity index (χ2v) is 5.65. The van der Waals surface area contributed by atoms with Crippen molar-refractivity contribution in [3.63, 3.8) is 0 Å². The van der Waals surface area contributed by atoms with Crippen molar-refractivity contribution in [2.24, 2.45) is 5.41 Å². The van der Waals surface area contributed by atoms with E-state index in [2.05, 4.69) is 38.2 Å². The predicted octanol–water partition coefficient (Wildman–Crippen LogP) is 3.83. The van der Waals surface area contributed by atoms with Gasteiger partial charge in [-0.05, 0) is 35.9 Å². The van der Waals surface area contributed by atoms with Crippen molar-refractivity contribution in [3.8, 4) is 0 Å². The Morgan fingerprint density at radius 1 is 1.38 bits per heavy atom. The van der Waals surface area contributed by atoms with E-state index >= 15 is 0 Å². The quantitative estimate of drug-likeness (QED) is 0.843.